The fraction of sp³-hybridized carbons (Fsp3) is 0.231. The zero-order chi connectivity index (χ0) is 13.6. The molecule has 2 heterocycles. The average molecular weight is 424 g/mol. The second kappa shape index (κ2) is 5.37. The van der Waals surface area contributed by atoms with Crippen LogP contribution in [0.4, 0.5) is 0 Å². The van der Waals surface area contributed by atoms with Gasteiger partial charge in [-0.2, -0.15) is 0 Å². The Morgan fingerprint density at radius 2 is 2.11 bits per heavy atom. The van der Waals surface area contributed by atoms with Gasteiger partial charge in [-0.05, 0) is 40.2 Å². The molecule has 3 rings (SSSR count). The third-order valence-electron chi connectivity index (χ3n) is 3.09. The Balaban J connectivity index is 1.94. The van der Waals surface area contributed by atoms with Crippen molar-refractivity contribution < 1.29 is 4.74 Å². The van der Waals surface area contributed by atoms with Gasteiger partial charge in [-0.3, -0.25) is 0 Å². The Labute approximate surface area is 137 Å². The number of benzene rings is 1. The van der Waals surface area contributed by atoms with Crippen molar-refractivity contribution >= 4 is 54.8 Å². The normalized spacial score (nSPS) is 21.9. The molecule has 0 bridgehead atoms. The van der Waals surface area contributed by atoms with Crippen molar-refractivity contribution in [2.24, 2.45) is 5.73 Å². The van der Waals surface area contributed by atoms with Crippen LogP contribution in [-0.4, -0.2) is 0 Å². The molecule has 2 nitrogen and oxygen atoms in total. The summed E-state index contributed by atoms with van der Waals surface area (Å²) < 4.78 is 8.72. The molecule has 0 radical (unpaired) electrons. The van der Waals surface area contributed by atoms with E-state index in [-0.39, 0.29) is 12.1 Å². The summed E-state index contributed by atoms with van der Waals surface area (Å²) in [5, 5.41) is 0. The number of thiophene rings is 1. The van der Waals surface area contributed by atoms with E-state index in [0.717, 1.165) is 35.9 Å². The number of hydrogen-bond acceptors (Lipinski definition) is 3. The van der Waals surface area contributed by atoms with E-state index in [1.807, 2.05) is 24.3 Å². The van der Waals surface area contributed by atoms with Crippen molar-refractivity contribution in [3.05, 3.63) is 48.0 Å². The minimum Gasteiger partial charge on any atom is -0.484 e. The van der Waals surface area contributed by atoms with E-state index in [1.54, 1.807) is 0 Å². The summed E-state index contributed by atoms with van der Waals surface area (Å²) in [6, 6.07) is 7.92. The van der Waals surface area contributed by atoms with Crippen LogP contribution in [-0.2, 0) is 0 Å². The number of halogens is 3. The van der Waals surface area contributed by atoms with E-state index in [9.17, 15) is 0 Å². The molecule has 1 aromatic heterocycles. The Hall–Kier alpha value is -0.0700. The molecule has 0 amide bonds. The van der Waals surface area contributed by atoms with E-state index in [0.29, 0.717) is 0 Å². The van der Waals surface area contributed by atoms with Gasteiger partial charge in [0.15, 0.2) is 0 Å². The lowest BCUT2D eigenvalue weighted by Crippen LogP contribution is -2.23. The van der Waals surface area contributed by atoms with E-state index in [2.05, 4.69) is 31.9 Å². The molecule has 0 saturated carbocycles. The second-order valence-electron chi connectivity index (χ2n) is 4.40. The standard InChI is InChI=1S/C13H10Br2ClNOS/c14-6-1-2-10-7(3-6)9(17)5-11(18-10)12-4-8(15)13(16)19-12/h1-4,9,11H,5,17H2/t9-,11?/m1/s1. The van der Waals surface area contributed by atoms with Crippen LogP contribution in [0.15, 0.2) is 33.2 Å². The molecule has 2 N–H and O–H groups in total. The van der Waals surface area contributed by atoms with E-state index in [4.69, 9.17) is 22.1 Å². The average Bonchev–Trinajstić information content (AvgIpc) is 2.70. The predicted octanol–water partition coefficient (Wildman–Crippen LogP) is 5.45. The number of fused-ring (bicyclic) bond motifs is 1. The van der Waals surface area contributed by atoms with E-state index in [1.165, 1.54) is 11.3 Å². The summed E-state index contributed by atoms with van der Waals surface area (Å²) in [4.78, 5) is 1.10. The number of ether oxygens (including phenoxy) is 1. The van der Waals surface area contributed by atoms with Crippen molar-refractivity contribution in [3.8, 4) is 5.75 Å². The Morgan fingerprint density at radius 3 is 2.79 bits per heavy atom. The van der Waals surface area contributed by atoms with Gasteiger partial charge in [-0.15, -0.1) is 11.3 Å². The van der Waals surface area contributed by atoms with Gasteiger partial charge in [0.1, 0.15) is 16.2 Å². The zero-order valence-electron chi connectivity index (χ0n) is 9.70. The Bertz CT molecular complexity index is 612. The maximum absolute atomic E-state index is 6.25. The number of rotatable bonds is 1. The maximum atomic E-state index is 6.25. The third-order valence-corrected chi connectivity index (χ3v) is 6.15. The maximum Gasteiger partial charge on any atom is 0.135 e. The molecule has 1 aliphatic rings. The fourth-order valence-corrected chi connectivity index (χ4v) is 4.33. The lowest BCUT2D eigenvalue weighted by molar-refractivity contribution is 0.165. The summed E-state index contributed by atoms with van der Waals surface area (Å²) in [5.74, 6) is 0.854. The molecule has 0 saturated heterocycles. The first-order valence-corrected chi connectivity index (χ1v) is 8.49. The van der Waals surface area contributed by atoms with Gasteiger partial charge in [-0.1, -0.05) is 27.5 Å². The van der Waals surface area contributed by atoms with Crippen molar-refractivity contribution in [3.63, 3.8) is 0 Å². The molecule has 19 heavy (non-hydrogen) atoms. The molecule has 0 aliphatic carbocycles. The van der Waals surface area contributed by atoms with Gasteiger partial charge in [-0.25, -0.2) is 0 Å². The lowest BCUT2D eigenvalue weighted by atomic mass is 9.97. The summed E-state index contributed by atoms with van der Waals surface area (Å²) >= 11 is 14.5. The predicted molar refractivity (Wildman–Crippen MR) is 86.1 cm³/mol. The summed E-state index contributed by atoms with van der Waals surface area (Å²) in [7, 11) is 0. The monoisotopic (exact) mass is 421 g/mol. The minimum absolute atomic E-state index is 0.0223. The van der Waals surface area contributed by atoms with Gasteiger partial charge in [0, 0.05) is 31.8 Å². The Kier molecular flexibility index (Phi) is 3.93. The Morgan fingerprint density at radius 1 is 1.32 bits per heavy atom. The van der Waals surface area contributed by atoms with Crippen molar-refractivity contribution in [2.75, 3.05) is 0 Å². The first-order chi connectivity index (χ1) is 9.04. The van der Waals surface area contributed by atoms with Crippen LogP contribution in [0.3, 0.4) is 0 Å². The molecule has 1 aromatic carbocycles. The molecule has 2 aromatic rings. The van der Waals surface area contributed by atoms with Gasteiger partial charge in [0.05, 0.1) is 0 Å². The SMILES string of the molecule is N[C@@H]1CC(c2cc(Br)c(Cl)s2)Oc2ccc(Br)cc21. The fourth-order valence-electron chi connectivity index (χ4n) is 2.17. The molecule has 1 aliphatic heterocycles. The number of nitrogens with two attached hydrogens (primary N) is 1. The van der Waals surface area contributed by atoms with Crippen LogP contribution in [0.1, 0.15) is 29.0 Å². The molecular weight excluding hydrogens is 413 g/mol. The molecule has 2 atom stereocenters. The first-order valence-electron chi connectivity index (χ1n) is 5.71. The molecular formula is C13H10Br2ClNOS. The third kappa shape index (κ3) is 2.72. The van der Waals surface area contributed by atoms with Crippen LogP contribution < -0.4 is 10.5 Å². The van der Waals surface area contributed by atoms with Crippen LogP contribution >= 0.6 is 54.8 Å². The summed E-state index contributed by atoms with van der Waals surface area (Å²) in [5.41, 5.74) is 7.30. The highest BCUT2D eigenvalue weighted by molar-refractivity contribution is 9.10. The zero-order valence-corrected chi connectivity index (χ0v) is 14.4. The summed E-state index contributed by atoms with van der Waals surface area (Å²) in [6.07, 6.45) is 0.727. The molecule has 6 heteroatoms. The largest absolute Gasteiger partial charge is 0.484 e. The lowest BCUT2D eigenvalue weighted by Gasteiger charge is -2.29. The highest BCUT2D eigenvalue weighted by Crippen LogP contribution is 2.44. The molecule has 0 spiro atoms. The van der Waals surface area contributed by atoms with Crippen molar-refractivity contribution in [1.29, 1.82) is 0 Å². The topological polar surface area (TPSA) is 35.2 Å². The van der Waals surface area contributed by atoms with Crippen LogP contribution in [0.5, 0.6) is 5.75 Å². The van der Waals surface area contributed by atoms with Crippen LogP contribution in [0.2, 0.25) is 4.34 Å². The quantitative estimate of drug-likeness (QED) is 0.662. The summed E-state index contributed by atoms with van der Waals surface area (Å²) in [6.45, 7) is 0. The molecule has 100 valence electrons. The van der Waals surface area contributed by atoms with Crippen LogP contribution in [0, 0.1) is 0 Å². The van der Waals surface area contributed by atoms with Crippen LogP contribution in [0.25, 0.3) is 0 Å². The van der Waals surface area contributed by atoms with Crippen molar-refractivity contribution in [2.45, 2.75) is 18.6 Å². The minimum atomic E-state index is -0.0301. The van der Waals surface area contributed by atoms with Gasteiger partial charge < -0.3 is 10.5 Å². The highest BCUT2D eigenvalue weighted by Gasteiger charge is 2.28. The van der Waals surface area contributed by atoms with Gasteiger partial charge in [0.25, 0.3) is 0 Å². The molecule has 0 fully saturated rings. The first kappa shape index (κ1) is 13.9. The van der Waals surface area contributed by atoms with Gasteiger partial charge in [0.2, 0.25) is 0 Å². The second-order valence-corrected chi connectivity index (χ2v) is 7.86. The highest BCUT2D eigenvalue weighted by atomic mass is 79.9. The van der Waals surface area contributed by atoms with E-state index >= 15 is 0 Å². The molecule has 1 unspecified atom stereocenters. The van der Waals surface area contributed by atoms with Crippen molar-refractivity contribution in [1.82, 2.24) is 0 Å². The number of hydrogen-bond donors (Lipinski definition) is 1. The van der Waals surface area contributed by atoms with Gasteiger partial charge >= 0.3 is 0 Å². The smallest absolute Gasteiger partial charge is 0.135 e. The van der Waals surface area contributed by atoms with E-state index < -0.39 is 0 Å².